The van der Waals surface area contributed by atoms with Crippen molar-refractivity contribution in [2.75, 3.05) is 0 Å². The van der Waals surface area contributed by atoms with Crippen LogP contribution in [0.25, 0.3) is 11.2 Å². The fourth-order valence-electron chi connectivity index (χ4n) is 2.28. The summed E-state index contributed by atoms with van der Waals surface area (Å²) in [7, 11) is -2.78. The second-order valence-corrected chi connectivity index (χ2v) is 6.37. The monoisotopic (exact) mass is 336 g/mol. The standard InChI is InChI=1S/C13H12N4O5S/c1-16-11-10(14-7-15-11)12(18)17(13(16)19)6-8-2-4-9(5-3-8)23(20,21)22/h2-5,7H,6H2,1H3,(H,14,15)(H,20,21,22). The molecule has 3 rings (SSSR count). The van der Waals surface area contributed by atoms with E-state index >= 15 is 0 Å². The smallest absolute Gasteiger partial charge is 0.332 e. The van der Waals surface area contributed by atoms with Gasteiger partial charge in [-0.1, -0.05) is 12.1 Å². The van der Waals surface area contributed by atoms with E-state index < -0.39 is 21.4 Å². The number of imidazole rings is 1. The van der Waals surface area contributed by atoms with E-state index in [9.17, 15) is 18.0 Å². The molecule has 0 aliphatic rings. The zero-order chi connectivity index (χ0) is 16.8. The Labute approximate surface area is 129 Å². The van der Waals surface area contributed by atoms with Crippen molar-refractivity contribution in [3.8, 4) is 0 Å². The number of aryl methyl sites for hydroxylation is 1. The van der Waals surface area contributed by atoms with E-state index in [1.54, 1.807) is 0 Å². The van der Waals surface area contributed by atoms with Crippen LogP contribution in [0.15, 0.2) is 45.1 Å². The fourth-order valence-corrected chi connectivity index (χ4v) is 2.76. The summed E-state index contributed by atoms with van der Waals surface area (Å²) in [5, 5.41) is 0. The highest BCUT2D eigenvalue weighted by molar-refractivity contribution is 7.85. The van der Waals surface area contributed by atoms with Crippen LogP contribution in [0.5, 0.6) is 0 Å². The molecule has 0 aliphatic heterocycles. The van der Waals surface area contributed by atoms with E-state index in [1.165, 1.54) is 42.2 Å². The summed E-state index contributed by atoms with van der Waals surface area (Å²) in [6.07, 6.45) is 1.33. The molecule has 2 heterocycles. The lowest BCUT2D eigenvalue weighted by atomic mass is 10.2. The van der Waals surface area contributed by atoms with Crippen molar-refractivity contribution < 1.29 is 13.0 Å². The number of nitrogens with one attached hydrogen (secondary N) is 1. The summed E-state index contributed by atoms with van der Waals surface area (Å²) >= 11 is 0. The molecule has 0 amide bonds. The molecule has 10 heteroatoms. The van der Waals surface area contributed by atoms with Gasteiger partial charge < -0.3 is 4.98 Å². The summed E-state index contributed by atoms with van der Waals surface area (Å²) in [5.41, 5.74) is -0.0389. The van der Waals surface area contributed by atoms with Gasteiger partial charge in [0.15, 0.2) is 5.65 Å². The average Bonchev–Trinajstić information content (AvgIpc) is 2.99. The molecule has 23 heavy (non-hydrogen) atoms. The van der Waals surface area contributed by atoms with Crippen molar-refractivity contribution in [3.63, 3.8) is 0 Å². The third kappa shape index (κ3) is 2.58. The minimum absolute atomic E-state index is 0.0355. The van der Waals surface area contributed by atoms with Gasteiger partial charge in [0, 0.05) is 7.05 Å². The zero-order valence-corrected chi connectivity index (χ0v) is 12.7. The lowest BCUT2D eigenvalue weighted by molar-refractivity contribution is 0.483. The van der Waals surface area contributed by atoms with E-state index in [4.69, 9.17) is 4.55 Å². The molecule has 0 atom stereocenters. The number of fused-ring (bicyclic) bond motifs is 1. The van der Waals surface area contributed by atoms with Gasteiger partial charge in [-0.3, -0.25) is 18.5 Å². The van der Waals surface area contributed by atoms with Gasteiger partial charge in [0.05, 0.1) is 17.8 Å². The van der Waals surface area contributed by atoms with E-state index in [-0.39, 0.29) is 22.6 Å². The molecule has 0 spiro atoms. The molecule has 2 N–H and O–H groups in total. The predicted octanol–water partition coefficient (Wildman–Crippen LogP) is -0.282. The van der Waals surface area contributed by atoms with Crippen molar-refractivity contribution in [2.45, 2.75) is 11.4 Å². The first kappa shape index (κ1) is 15.2. The lowest BCUT2D eigenvalue weighted by Crippen LogP contribution is -2.39. The topological polar surface area (TPSA) is 127 Å². The number of benzene rings is 1. The van der Waals surface area contributed by atoms with E-state index in [0.29, 0.717) is 5.56 Å². The Kier molecular flexibility index (Phi) is 3.42. The first-order valence-corrected chi connectivity index (χ1v) is 7.92. The molecule has 0 radical (unpaired) electrons. The van der Waals surface area contributed by atoms with Crippen LogP contribution in [0.3, 0.4) is 0 Å². The van der Waals surface area contributed by atoms with Gasteiger partial charge in [-0.25, -0.2) is 9.78 Å². The van der Waals surface area contributed by atoms with Crippen LogP contribution < -0.4 is 11.2 Å². The zero-order valence-electron chi connectivity index (χ0n) is 11.9. The van der Waals surface area contributed by atoms with Gasteiger partial charge in [0.2, 0.25) is 0 Å². The van der Waals surface area contributed by atoms with Crippen molar-refractivity contribution >= 4 is 21.3 Å². The normalized spacial score (nSPS) is 11.9. The number of hydrogen-bond donors (Lipinski definition) is 2. The number of nitrogens with zero attached hydrogens (tertiary/aromatic N) is 3. The van der Waals surface area contributed by atoms with Crippen LogP contribution in [0.1, 0.15) is 5.56 Å². The van der Waals surface area contributed by atoms with E-state index in [2.05, 4.69) is 9.97 Å². The van der Waals surface area contributed by atoms with Gasteiger partial charge in [-0.2, -0.15) is 8.42 Å². The summed E-state index contributed by atoms with van der Waals surface area (Å²) in [6, 6.07) is 5.25. The van der Waals surface area contributed by atoms with E-state index in [1.807, 2.05) is 0 Å². The van der Waals surface area contributed by atoms with Crippen molar-refractivity contribution in [1.82, 2.24) is 19.1 Å². The molecule has 9 nitrogen and oxygen atoms in total. The molecular formula is C13H12N4O5S. The second-order valence-electron chi connectivity index (χ2n) is 4.95. The Morgan fingerprint density at radius 2 is 1.87 bits per heavy atom. The SMILES string of the molecule is Cn1c(=O)n(Cc2ccc(S(=O)(=O)O)cc2)c(=O)c2[nH]cnc21. The maximum absolute atomic E-state index is 12.3. The minimum Gasteiger partial charge on any atom is -0.339 e. The summed E-state index contributed by atoms with van der Waals surface area (Å²) < 4.78 is 33.2. The van der Waals surface area contributed by atoms with Gasteiger partial charge in [0.1, 0.15) is 5.52 Å². The molecule has 1 aromatic carbocycles. The average molecular weight is 336 g/mol. The van der Waals surface area contributed by atoms with Crippen molar-refractivity contribution in [3.05, 3.63) is 57.0 Å². The third-order valence-electron chi connectivity index (χ3n) is 3.48. The Morgan fingerprint density at radius 1 is 1.22 bits per heavy atom. The fraction of sp³-hybridized carbons (Fsp3) is 0.154. The highest BCUT2D eigenvalue weighted by Crippen LogP contribution is 2.10. The molecular weight excluding hydrogens is 324 g/mol. The van der Waals surface area contributed by atoms with Crippen LogP contribution in [-0.2, 0) is 23.7 Å². The van der Waals surface area contributed by atoms with Gasteiger partial charge in [-0.05, 0) is 17.7 Å². The molecule has 2 aromatic heterocycles. The minimum atomic E-state index is -4.28. The molecule has 0 fully saturated rings. The highest BCUT2D eigenvalue weighted by Gasteiger charge is 2.14. The Bertz CT molecular complexity index is 1110. The molecule has 3 aromatic rings. The Morgan fingerprint density at radius 3 is 2.48 bits per heavy atom. The molecule has 0 unspecified atom stereocenters. The molecule has 120 valence electrons. The highest BCUT2D eigenvalue weighted by atomic mass is 32.2. The number of hydrogen-bond acceptors (Lipinski definition) is 5. The maximum atomic E-state index is 12.3. The predicted molar refractivity (Wildman–Crippen MR) is 81.0 cm³/mol. The Hall–Kier alpha value is -2.72. The van der Waals surface area contributed by atoms with E-state index in [0.717, 1.165) is 4.57 Å². The molecule has 0 aliphatic carbocycles. The first-order chi connectivity index (χ1) is 10.8. The summed E-state index contributed by atoms with van der Waals surface area (Å²) in [6.45, 7) is -0.0355. The number of aromatic amines is 1. The molecule has 0 bridgehead atoms. The van der Waals surface area contributed by atoms with Crippen LogP contribution in [0, 0.1) is 0 Å². The maximum Gasteiger partial charge on any atom is 0.332 e. The number of H-pyrrole nitrogens is 1. The van der Waals surface area contributed by atoms with Crippen molar-refractivity contribution in [2.24, 2.45) is 7.05 Å². The molecule has 0 saturated carbocycles. The van der Waals surface area contributed by atoms with Crippen LogP contribution in [0.4, 0.5) is 0 Å². The number of aromatic nitrogens is 4. The number of rotatable bonds is 3. The van der Waals surface area contributed by atoms with Crippen molar-refractivity contribution in [1.29, 1.82) is 0 Å². The van der Waals surface area contributed by atoms with Crippen LogP contribution >= 0.6 is 0 Å². The van der Waals surface area contributed by atoms with Crippen LogP contribution in [0.2, 0.25) is 0 Å². The van der Waals surface area contributed by atoms with Gasteiger partial charge in [0.25, 0.3) is 15.7 Å². The van der Waals surface area contributed by atoms with Crippen LogP contribution in [-0.4, -0.2) is 32.1 Å². The quantitative estimate of drug-likeness (QED) is 0.633. The Balaban J connectivity index is 2.09. The largest absolute Gasteiger partial charge is 0.339 e. The lowest BCUT2D eigenvalue weighted by Gasteiger charge is -2.08. The van der Waals surface area contributed by atoms with Gasteiger partial charge in [-0.15, -0.1) is 0 Å². The second kappa shape index (κ2) is 5.18. The third-order valence-corrected chi connectivity index (χ3v) is 4.34. The van der Waals surface area contributed by atoms with Gasteiger partial charge >= 0.3 is 5.69 Å². The summed E-state index contributed by atoms with van der Waals surface area (Å²) in [5.74, 6) is 0. The first-order valence-electron chi connectivity index (χ1n) is 6.48. The molecule has 0 saturated heterocycles. The summed E-state index contributed by atoms with van der Waals surface area (Å²) in [4.78, 5) is 31.0.